The summed E-state index contributed by atoms with van der Waals surface area (Å²) in [6, 6.07) is 1.86. The smallest absolute Gasteiger partial charge is 0.170 e. The average Bonchev–Trinajstić information content (AvgIpc) is 2.65. The predicted octanol–water partition coefficient (Wildman–Crippen LogP) is 2.13. The summed E-state index contributed by atoms with van der Waals surface area (Å²) >= 11 is 0. The van der Waals surface area contributed by atoms with Gasteiger partial charge in [-0.25, -0.2) is 4.39 Å². The van der Waals surface area contributed by atoms with Crippen LogP contribution in [0.3, 0.4) is 0 Å². The maximum Gasteiger partial charge on any atom is 0.170 e. The van der Waals surface area contributed by atoms with Crippen LogP contribution in [0.2, 0.25) is 0 Å². The first-order valence-electron chi connectivity index (χ1n) is 5.02. The maximum absolute atomic E-state index is 14.0. The van der Waals surface area contributed by atoms with Gasteiger partial charge in [0.15, 0.2) is 11.6 Å². The highest BCUT2D eigenvalue weighted by Crippen LogP contribution is 2.34. The van der Waals surface area contributed by atoms with Crippen LogP contribution in [-0.4, -0.2) is 16.8 Å². The second-order valence-corrected chi connectivity index (χ2v) is 3.80. The number of aryl methyl sites for hydroxylation is 2. The topological polar surface area (TPSA) is 34.4 Å². The molecule has 0 aliphatic carbocycles. The van der Waals surface area contributed by atoms with Gasteiger partial charge in [0.05, 0.1) is 19.2 Å². The molecule has 4 heteroatoms. The van der Waals surface area contributed by atoms with Crippen molar-refractivity contribution in [3.8, 4) is 5.75 Å². The normalized spacial score (nSPS) is 11.1. The first kappa shape index (κ1) is 11.0. The zero-order valence-electron chi connectivity index (χ0n) is 9.54. The molecule has 2 aromatic rings. The van der Waals surface area contributed by atoms with Crippen molar-refractivity contribution in [3.05, 3.63) is 29.2 Å². The molecule has 0 spiro atoms. The number of rotatable bonds is 2. The van der Waals surface area contributed by atoms with Gasteiger partial charge in [0.1, 0.15) is 0 Å². The van der Waals surface area contributed by atoms with Gasteiger partial charge in [0.2, 0.25) is 0 Å². The van der Waals surface area contributed by atoms with Crippen LogP contribution >= 0.6 is 0 Å². The number of aliphatic hydroxyl groups is 1. The Hall–Kier alpha value is -1.55. The molecular formula is C12H14FNO2. The summed E-state index contributed by atoms with van der Waals surface area (Å²) in [6.07, 6.45) is 1.84. The Morgan fingerprint density at radius 2 is 2.19 bits per heavy atom. The predicted molar refractivity (Wildman–Crippen MR) is 60.1 cm³/mol. The molecule has 1 N–H and O–H groups in total. The molecule has 0 unspecified atom stereocenters. The fraction of sp³-hybridized carbons (Fsp3) is 0.333. The lowest BCUT2D eigenvalue weighted by Gasteiger charge is -2.12. The third-order valence-electron chi connectivity index (χ3n) is 2.92. The molecule has 1 aromatic carbocycles. The highest BCUT2D eigenvalue weighted by Gasteiger charge is 2.19. The van der Waals surface area contributed by atoms with Gasteiger partial charge < -0.3 is 14.4 Å². The summed E-state index contributed by atoms with van der Waals surface area (Å²) in [7, 11) is 3.26. The Kier molecular flexibility index (Phi) is 2.59. The molecule has 0 atom stereocenters. The van der Waals surface area contributed by atoms with Crippen LogP contribution in [0.15, 0.2) is 12.3 Å². The molecule has 1 heterocycles. The maximum atomic E-state index is 14.0. The third kappa shape index (κ3) is 1.30. The zero-order chi connectivity index (χ0) is 11.9. The fourth-order valence-corrected chi connectivity index (χ4v) is 2.14. The van der Waals surface area contributed by atoms with Gasteiger partial charge in [-0.3, -0.25) is 0 Å². The van der Waals surface area contributed by atoms with Crippen molar-refractivity contribution < 1.29 is 14.2 Å². The van der Waals surface area contributed by atoms with E-state index in [-0.39, 0.29) is 12.4 Å². The molecule has 0 fully saturated rings. The fourth-order valence-electron chi connectivity index (χ4n) is 2.14. The molecule has 0 saturated heterocycles. The molecule has 0 amide bonds. The number of fused-ring (bicyclic) bond motifs is 1. The quantitative estimate of drug-likeness (QED) is 0.846. The van der Waals surface area contributed by atoms with E-state index in [2.05, 4.69) is 0 Å². The number of methoxy groups -OCH3 is 1. The van der Waals surface area contributed by atoms with E-state index < -0.39 is 5.82 Å². The molecule has 3 nitrogen and oxygen atoms in total. The molecule has 0 saturated carbocycles. The Balaban J connectivity index is 2.96. The van der Waals surface area contributed by atoms with Gasteiger partial charge in [0.25, 0.3) is 0 Å². The molecule has 0 radical (unpaired) electrons. The highest BCUT2D eigenvalue weighted by atomic mass is 19.1. The Bertz CT molecular complexity index is 546. The van der Waals surface area contributed by atoms with Gasteiger partial charge in [-0.2, -0.15) is 0 Å². The minimum Gasteiger partial charge on any atom is -0.493 e. The first-order valence-corrected chi connectivity index (χ1v) is 5.02. The zero-order valence-corrected chi connectivity index (χ0v) is 9.54. The molecule has 0 bridgehead atoms. The molecule has 2 rings (SSSR count). The van der Waals surface area contributed by atoms with Crippen molar-refractivity contribution in [2.75, 3.05) is 7.11 Å². The van der Waals surface area contributed by atoms with Crippen LogP contribution in [-0.2, 0) is 13.7 Å². The van der Waals surface area contributed by atoms with Crippen LogP contribution in [0, 0.1) is 12.7 Å². The van der Waals surface area contributed by atoms with Crippen LogP contribution in [0.4, 0.5) is 4.39 Å². The molecule has 16 heavy (non-hydrogen) atoms. The third-order valence-corrected chi connectivity index (χ3v) is 2.92. The van der Waals surface area contributed by atoms with Gasteiger partial charge >= 0.3 is 0 Å². The number of aromatic nitrogens is 1. The Labute approximate surface area is 93.1 Å². The van der Waals surface area contributed by atoms with Gasteiger partial charge in [-0.05, 0) is 13.0 Å². The van der Waals surface area contributed by atoms with E-state index in [1.54, 1.807) is 6.92 Å². The lowest BCUT2D eigenvalue weighted by molar-refractivity contribution is 0.272. The van der Waals surface area contributed by atoms with Crippen molar-refractivity contribution in [1.82, 2.24) is 4.57 Å². The Morgan fingerprint density at radius 1 is 1.50 bits per heavy atom. The lowest BCUT2D eigenvalue weighted by Crippen LogP contribution is -2.01. The van der Waals surface area contributed by atoms with E-state index in [0.29, 0.717) is 11.1 Å². The number of aliphatic hydroxyl groups excluding tert-OH is 1. The van der Waals surface area contributed by atoms with Crippen LogP contribution in [0.25, 0.3) is 10.9 Å². The molecule has 0 aliphatic rings. The summed E-state index contributed by atoms with van der Waals surface area (Å²) < 4.78 is 20.8. The Morgan fingerprint density at radius 3 is 2.75 bits per heavy atom. The SMILES string of the molecule is COc1c(F)c(C)c2c(ccn2C)c1CO. The standard InChI is InChI=1S/C12H14FNO2/c1-7-10(13)12(16-3)9(6-15)8-4-5-14(2)11(7)8/h4-5,15H,6H2,1-3H3. The first-order chi connectivity index (χ1) is 7.61. The number of hydrogen-bond donors (Lipinski definition) is 1. The minimum atomic E-state index is -0.402. The van der Waals surface area contributed by atoms with Crippen LogP contribution in [0.1, 0.15) is 11.1 Å². The minimum absolute atomic E-state index is 0.138. The average molecular weight is 223 g/mol. The molecule has 1 aromatic heterocycles. The van der Waals surface area contributed by atoms with E-state index in [0.717, 1.165) is 10.9 Å². The van der Waals surface area contributed by atoms with Gasteiger partial charge in [0, 0.05) is 29.8 Å². The summed E-state index contributed by atoms with van der Waals surface area (Å²) in [4.78, 5) is 0. The second kappa shape index (κ2) is 3.79. The number of nitrogens with zero attached hydrogens (tertiary/aromatic N) is 1. The second-order valence-electron chi connectivity index (χ2n) is 3.80. The molecule has 86 valence electrons. The molecular weight excluding hydrogens is 209 g/mol. The molecule has 0 aliphatic heterocycles. The lowest BCUT2D eigenvalue weighted by atomic mass is 10.0. The number of ether oxygens (including phenoxy) is 1. The van der Waals surface area contributed by atoms with E-state index in [1.165, 1.54) is 7.11 Å². The summed E-state index contributed by atoms with van der Waals surface area (Å²) in [6.45, 7) is 1.47. The van der Waals surface area contributed by atoms with Crippen molar-refractivity contribution in [2.24, 2.45) is 7.05 Å². The number of benzene rings is 1. The van der Waals surface area contributed by atoms with E-state index >= 15 is 0 Å². The van der Waals surface area contributed by atoms with Crippen molar-refractivity contribution >= 4 is 10.9 Å². The summed E-state index contributed by atoms with van der Waals surface area (Å²) in [5.41, 5.74) is 1.83. The van der Waals surface area contributed by atoms with E-state index in [1.807, 2.05) is 23.9 Å². The van der Waals surface area contributed by atoms with Gasteiger partial charge in [-0.1, -0.05) is 0 Å². The van der Waals surface area contributed by atoms with Crippen molar-refractivity contribution in [2.45, 2.75) is 13.5 Å². The number of halogens is 1. The number of hydrogen-bond acceptors (Lipinski definition) is 2. The van der Waals surface area contributed by atoms with Crippen LogP contribution in [0.5, 0.6) is 5.75 Å². The highest BCUT2D eigenvalue weighted by molar-refractivity contribution is 5.89. The van der Waals surface area contributed by atoms with E-state index in [9.17, 15) is 9.50 Å². The van der Waals surface area contributed by atoms with Gasteiger partial charge in [-0.15, -0.1) is 0 Å². The van der Waals surface area contributed by atoms with Crippen molar-refractivity contribution in [1.29, 1.82) is 0 Å². The monoisotopic (exact) mass is 223 g/mol. The van der Waals surface area contributed by atoms with Crippen molar-refractivity contribution in [3.63, 3.8) is 0 Å². The summed E-state index contributed by atoms with van der Waals surface area (Å²) in [5.74, 6) is -0.264. The van der Waals surface area contributed by atoms with Crippen LogP contribution < -0.4 is 4.74 Å². The largest absolute Gasteiger partial charge is 0.493 e. The van der Waals surface area contributed by atoms with E-state index in [4.69, 9.17) is 4.74 Å². The summed E-state index contributed by atoms with van der Waals surface area (Å²) in [5, 5.41) is 10.2.